The average molecular weight is 232 g/mol. The molecule has 1 aromatic carbocycles. The first-order chi connectivity index (χ1) is 8.15. The van der Waals surface area contributed by atoms with E-state index in [1.807, 2.05) is 32.0 Å². The Hall–Kier alpha value is -1.88. The van der Waals surface area contributed by atoms with Crippen molar-refractivity contribution in [3.8, 4) is 5.69 Å². The SMILES string of the molecule is Cc1cccc(-n2c(CCN)n[nH]c2=O)c1C. The maximum absolute atomic E-state index is 11.8. The van der Waals surface area contributed by atoms with Crippen molar-refractivity contribution in [3.63, 3.8) is 0 Å². The summed E-state index contributed by atoms with van der Waals surface area (Å²) in [6, 6.07) is 5.87. The third-order valence-electron chi connectivity index (χ3n) is 2.93. The van der Waals surface area contributed by atoms with E-state index in [0.29, 0.717) is 18.8 Å². The Morgan fingerprint density at radius 1 is 1.41 bits per heavy atom. The molecule has 0 amide bonds. The fourth-order valence-electron chi connectivity index (χ4n) is 1.85. The standard InChI is InChI=1S/C12H16N4O/c1-8-4-3-5-10(9(8)2)16-11(6-7-13)14-15-12(16)17/h3-5H,6-7,13H2,1-2H3,(H,15,17). The highest BCUT2D eigenvalue weighted by atomic mass is 16.1. The summed E-state index contributed by atoms with van der Waals surface area (Å²) in [6.07, 6.45) is 0.576. The van der Waals surface area contributed by atoms with Gasteiger partial charge in [0.1, 0.15) is 5.82 Å². The molecule has 0 unspecified atom stereocenters. The molecule has 0 fully saturated rings. The first-order valence-corrected chi connectivity index (χ1v) is 5.58. The molecule has 0 aliphatic rings. The van der Waals surface area contributed by atoms with Gasteiger partial charge in [0, 0.05) is 6.42 Å². The van der Waals surface area contributed by atoms with Gasteiger partial charge in [-0.15, -0.1) is 0 Å². The summed E-state index contributed by atoms with van der Waals surface area (Å²) in [5, 5.41) is 6.47. The topological polar surface area (TPSA) is 76.7 Å². The normalized spacial score (nSPS) is 10.8. The van der Waals surface area contributed by atoms with Gasteiger partial charge in [0.15, 0.2) is 0 Å². The van der Waals surface area contributed by atoms with Crippen molar-refractivity contribution in [2.75, 3.05) is 6.54 Å². The van der Waals surface area contributed by atoms with Gasteiger partial charge in [0.25, 0.3) is 0 Å². The lowest BCUT2D eigenvalue weighted by atomic mass is 10.1. The molecule has 17 heavy (non-hydrogen) atoms. The van der Waals surface area contributed by atoms with Crippen molar-refractivity contribution in [2.24, 2.45) is 5.73 Å². The predicted molar refractivity (Wildman–Crippen MR) is 66.4 cm³/mol. The van der Waals surface area contributed by atoms with Gasteiger partial charge in [0.05, 0.1) is 5.69 Å². The second kappa shape index (κ2) is 4.55. The van der Waals surface area contributed by atoms with Crippen molar-refractivity contribution in [1.29, 1.82) is 0 Å². The number of nitrogens with two attached hydrogens (primary N) is 1. The van der Waals surface area contributed by atoms with Crippen LogP contribution in [0.2, 0.25) is 0 Å². The minimum atomic E-state index is -0.220. The summed E-state index contributed by atoms with van der Waals surface area (Å²) in [6.45, 7) is 4.48. The van der Waals surface area contributed by atoms with Gasteiger partial charge in [-0.25, -0.2) is 14.5 Å². The Labute approximate surface area is 99.3 Å². The van der Waals surface area contributed by atoms with E-state index >= 15 is 0 Å². The molecule has 2 aromatic rings. The molecule has 0 bridgehead atoms. The van der Waals surface area contributed by atoms with Gasteiger partial charge in [-0.3, -0.25) is 0 Å². The molecule has 3 N–H and O–H groups in total. The first-order valence-electron chi connectivity index (χ1n) is 5.58. The molecule has 0 saturated carbocycles. The highest BCUT2D eigenvalue weighted by Crippen LogP contribution is 2.16. The van der Waals surface area contributed by atoms with Gasteiger partial charge < -0.3 is 5.73 Å². The van der Waals surface area contributed by atoms with Gasteiger partial charge in [0.2, 0.25) is 0 Å². The molecule has 2 rings (SSSR count). The fourth-order valence-corrected chi connectivity index (χ4v) is 1.85. The minimum Gasteiger partial charge on any atom is -0.330 e. The number of hydrogen-bond donors (Lipinski definition) is 2. The minimum absolute atomic E-state index is 0.220. The molecule has 0 saturated heterocycles. The third kappa shape index (κ3) is 2.01. The van der Waals surface area contributed by atoms with E-state index in [9.17, 15) is 4.79 Å². The Morgan fingerprint density at radius 3 is 2.88 bits per heavy atom. The van der Waals surface area contributed by atoms with Crippen LogP contribution in [0.4, 0.5) is 0 Å². The summed E-state index contributed by atoms with van der Waals surface area (Å²) >= 11 is 0. The molecule has 0 aliphatic carbocycles. The van der Waals surface area contributed by atoms with E-state index in [2.05, 4.69) is 10.2 Å². The summed E-state index contributed by atoms with van der Waals surface area (Å²) in [4.78, 5) is 11.8. The van der Waals surface area contributed by atoms with Crippen LogP contribution in [0.5, 0.6) is 0 Å². The first kappa shape index (κ1) is 11.6. The van der Waals surface area contributed by atoms with Crippen LogP contribution in [0.1, 0.15) is 17.0 Å². The smallest absolute Gasteiger partial charge is 0.330 e. The number of aryl methyl sites for hydroxylation is 1. The summed E-state index contributed by atoms with van der Waals surface area (Å²) in [7, 11) is 0. The van der Waals surface area contributed by atoms with Crippen molar-refractivity contribution >= 4 is 0 Å². The molecular weight excluding hydrogens is 216 g/mol. The summed E-state index contributed by atoms with van der Waals surface area (Å²) < 4.78 is 1.59. The van der Waals surface area contributed by atoms with E-state index in [4.69, 9.17) is 5.73 Å². The Bertz CT molecular complexity index is 582. The average Bonchev–Trinajstić information content (AvgIpc) is 2.65. The van der Waals surface area contributed by atoms with Gasteiger partial charge >= 0.3 is 5.69 Å². The quantitative estimate of drug-likeness (QED) is 0.817. The van der Waals surface area contributed by atoms with Gasteiger partial charge in [-0.2, -0.15) is 5.10 Å². The zero-order valence-electron chi connectivity index (χ0n) is 10.0. The Balaban J connectivity index is 2.63. The number of rotatable bonds is 3. The number of aromatic nitrogens is 3. The monoisotopic (exact) mass is 232 g/mol. The van der Waals surface area contributed by atoms with Gasteiger partial charge in [-0.05, 0) is 37.6 Å². The molecule has 1 heterocycles. The van der Waals surface area contributed by atoms with E-state index in [-0.39, 0.29) is 5.69 Å². The van der Waals surface area contributed by atoms with Crippen molar-refractivity contribution < 1.29 is 0 Å². The molecule has 0 atom stereocenters. The lowest BCUT2D eigenvalue weighted by molar-refractivity contribution is 0.820. The largest absolute Gasteiger partial charge is 0.347 e. The number of benzene rings is 1. The molecule has 5 heteroatoms. The number of hydrogen-bond acceptors (Lipinski definition) is 3. The molecule has 0 radical (unpaired) electrons. The van der Waals surface area contributed by atoms with Crippen LogP contribution in [0.15, 0.2) is 23.0 Å². The highest BCUT2D eigenvalue weighted by Gasteiger charge is 2.12. The molecule has 0 aliphatic heterocycles. The second-order valence-electron chi connectivity index (χ2n) is 4.04. The molecular formula is C12H16N4O. The van der Waals surface area contributed by atoms with Crippen LogP contribution >= 0.6 is 0 Å². The lowest BCUT2D eigenvalue weighted by Crippen LogP contribution is -2.19. The second-order valence-corrected chi connectivity index (χ2v) is 4.04. The Morgan fingerprint density at radius 2 is 2.18 bits per heavy atom. The molecule has 90 valence electrons. The summed E-state index contributed by atoms with van der Waals surface area (Å²) in [5.74, 6) is 0.672. The molecule has 5 nitrogen and oxygen atoms in total. The Kier molecular flexibility index (Phi) is 3.10. The molecule has 0 spiro atoms. The maximum atomic E-state index is 11.8. The molecule has 1 aromatic heterocycles. The fraction of sp³-hybridized carbons (Fsp3) is 0.333. The maximum Gasteiger partial charge on any atom is 0.347 e. The van der Waals surface area contributed by atoms with Crippen LogP contribution in [0.25, 0.3) is 5.69 Å². The van der Waals surface area contributed by atoms with Gasteiger partial charge in [-0.1, -0.05) is 12.1 Å². The van der Waals surface area contributed by atoms with Crippen LogP contribution in [-0.4, -0.2) is 21.3 Å². The zero-order valence-corrected chi connectivity index (χ0v) is 10.0. The van der Waals surface area contributed by atoms with Crippen LogP contribution in [0, 0.1) is 13.8 Å². The van der Waals surface area contributed by atoms with Crippen LogP contribution in [0.3, 0.4) is 0 Å². The lowest BCUT2D eigenvalue weighted by Gasteiger charge is -2.10. The van der Waals surface area contributed by atoms with Crippen molar-refractivity contribution in [3.05, 3.63) is 45.6 Å². The van der Waals surface area contributed by atoms with Crippen molar-refractivity contribution in [2.45, 2.75) is 20.3 Å². The zero-order chi connectivity index (χ0) is 12.4. The number of nitrogens with zero attached hydrogens (tertiary/aromatic N) is 2. The van der Waals surface area contributed by atoms with Crippen molar-refractivity contribution in [1.82, 2.24) is 14.8 Å². The predicted octanol–water partition coefficient (Wildman–Crippen LogP) is 0.679. The number of aromatic amines is 1. The van der Waals surface area contributed by atoms with Crippen LogP contribution < -0.4 is 11.4 Å². The van der Waals surface area contributed by atoms with E-state index < -0.39 is 0 Å². The number of nitrogens with one attached hydrogen (secondary N) is 1. The van der Waals surface area contributed by atoms with E-state index in [1.165, 1.54) is 0 Å². The number of H-pyrrole nitrogens is 1. The van der Waals surface area contributed by atoms with E-state index in [1.54, 1.807) is 4.57 Å². The summed E-state index contributed by atoms with van der Waals surface area (Å²) in [5.41, 5.74) is 8.39. The third-order valence-corrected chi connectivity index (χ3v) is 2.93. The van der Waals surface area contributed by atoms with E-state index in [0.717, 1.165) is 16.8 Å². The van der Waals surface area contributed by atoms with Crippen LogP contribution in [-0.2, 0) is 6.42 Å². The highest BCUT2D eigenvalue weighted by molar-refractivity contribution is 5.45.